The lowest BCUT2D eigenvalue weighted by molar-refractivity contribution is -0.130. The van der Waals surface area contributed by atoms with E-state index in [1.54, 1.807) is 20.0 Å². The maximum Gasteiger partial charge on any atom is 0.266 e. The van der Waals surface area contributed by atoms with Gasteiger partial charge in [-0.1, -0.05) is 31.2 Å². The lowest BCUT2D eigenvalue weighted by Gasteiger charge is -2.26. The van der Waals surface area contributed by atoms with Crippen LogP contribution in [0.1, 0.15) is 61.7 Å². The summed E-state index contributed by atoms with van der Waals surface area (Å²) < 4.78 is 41.0. The Morgan fingerprint density at radius 3 is 2.68 bits per heavy atom. The third-order valence-electron chi connectivity index (χ3n) is 6.01. The summed E-state index contributed by atoms with van der Waals surface area (Å²) in [7, 11) is 0. The first-order valence-electron chi connectivity index (χ1n) is 11.2. The molecular weight excluding hydrogens is 443 g/mol. The number of aryl methyl sites for hydroxylation is 1. The molecule has 1 N–H and O–H groups in total. The molecule has 2 aromatic heterocycles. The van der Waals surface area contributed by atoms with E-state index in [1.807, 2.05) is 24.0 Å². The van der Waals surface area contributed by atoms with Crippen LogP contribution < -0.4 is 5.32 Å². The summed E-state index contributed by atoms with van der Waals surface area (Å²) in [5, 5.41) is 3.81. The third-order valence-corrected chi connectivity index (χ3v) is 6.01. The number of halogens is 3. The Morgan fingerprint density at radius 2 is 2.00 bits per heavy atom. The number of rotatable bonds is 6. The second kappa shape index (κ2) is 9.79. The van der Waals surface area contributed by atoms with E-state index in [0.29, 0.717) is 48.6 Å². The molecule has 3 aromatic rings. The number of alkyl halides is 2. The van der Waals surface area contributed by atoms with Gasteiger partial charge in [-0.15, -0.1) is 0 Å². The van der Waals surface area contributed by atoms with Gasteiger partial charge in [0.05, 0.1) is 17.0 Å². The summed E-state index contributed by atoms with van der Waals surface area (Å²) in [6.45, 7) is 6.46. The van der Waals surface area contributed by atoms with Crippen LogP contribution in [-0.4, -0.2) is 38.8 Å². The zero-order valence-electron chi connectivity index (χ0n) is 19.3. The van der Waals surface area contributed by atoms with E-state index < -0.39 is 23.8 Å². The molecule has 0 aliphatic carbocycles. The van der Waals surface area contributed by atoms with Crippen LogP contribution in [0.2, 0.25) is 0 Å². The van der Waals surface area contributed by atoms with Crippen LogP contribution in [0.5, 0.6) is 0 Å². The van der Waals surface area contributed by atoms with Crippen LogP contribution in [0.25, 0.3) is 16.6 Å². The first-order chi connectivity index (χ1) is 16.3. The summed E-state index contributed by atoms with van der Waals surface area (Å²) in [4.78, 5) is 27.1. The maximum atomic E-state index is 14.7. The molecule has 6 nitrogen and oxygen atoms in total. The van der Waals surface area contributed by atoms with E-state index >= 15 is 0 Å². The van der Waals surface area contributed by atoms with Gasteiger partial charge in [0.2, 0.25) is 5.91 Å². The zero-order valence-corrected chi connectivity index (χ0v) is 19.3. The van der Waals surface area contributed by atoms with Crippen molar-refractivity contribution >= 4 is 28.3 Å². The predicted octanol–water partition coefficient (Wildman–Crippen LogP) is 5.61. The van der Waals surface area contributed by atoms with Crippen molar-refractivity contribution in [3.05, 3.63) is 64.9 Å². The topological polar surface area (TPSA) is 71.0 Å². The summed E-state index contributed by atoms with van der Waals surface area (Å²) in [5.74, 6) is 0.129. The molecule has 0 saturated carbocycles. The Bertz CT molecular complexity index is 1260. The molecule has 0 radical (unpaired) electrons. The van der Waals surface area contributed by atoms with Crippen LogP contribution in [0.15, 0.2) is 36.5 Å². The van der Waals surface area contributed by atoms with Gasteiger partial charge >= 0.3 is 0 Å². The highest BCUT2D eigenvalue weighted by atomic mass is 19.3. The Labute approximate surface area is 195 Å². The second-order valence-corrected chi connectivity index (χ2v) is 8.30. The normalized spacial score (nSPS) is 14.9. The van der Waals surface area contributed by atoms with Crippen molar-refractivity contribution in [2.75, 3.05) is 18.4 Å². The zero-order chi connectivity index (χ0) is 24.4. The van der Waals surface area contributed by atoms with E-state index in [2.05, 4.69) is 20.3 Å². The van der Waals surface area contributed by atoms with Gasteiger partial charge in [0, 0.05) is 31.3 Å². The third kappa shape index (κ3) is 4.73. The maximum absolute atomic E-state index is 14.7. The van der Waals surface area contributed by atoms with Crippen molar-refractivity contribution in [1.29, 1.82) is 0 Å². The number of fused-ring (bicyclic) bond motifs is 1. The Hall–Kier alpha value is -3.49. The van der Waals surface area contributed by atoms with Crippen molar-refractivity contribution in [3.8, 4) is 0 Å². The molecule has 34 heavy (non-hydrogen) atoms. The number of nitrogens with one attached hydrogen (secondary N) is 1. The fourth-order valence-corrected chi connectivity index (χ4v) is 4.14. The Morgan fingerprint density at radius 1 is 1.24 bits per heavy atom. The predicted molar refractivity (Wildman–Crippen MR) is 125 cm³/mol. The van der Waals surface area contributed by atoms with Crippen molar-refractivity contribution in [2.24, 2.45) is 0 Å². The summed E-state index contributed by atoms with van der Waals surface area (Å²) in [6, 6.07) is 5.29. The number of carbonyl (C=O) groups is 1. The van der Waals surface area contributed by atoms with Gasteiger partial charge in [-0.3, -0.25) is 4.79 Å². The lowest BCUT2D eigenvalue weighted by Crippen LogP contribution is -2.34. The minimum atomic E-state index is -2.90. The molecule has 178 valence electrons. The van der Waals surface area contributed by atoms with Gasteiger partial charge in [-0.05, 0) is 37.5 Å². The monoisotopic (exact) mass is 469 g/mol. The SMILES string of the molecule is CCC(=O)N1CC=C(c2cnc3nc(C)nc(N[C@H](C)c4cccc(C(F)F)c4F)c3c2)CC1. The van der Waals surface area contributed by atoms with Crippen LogP contribution in [0.3, 0.4) is 0 Å². The number of carbonyl (C=O) groups excluding carboxylic acids is 1. The molecule has 0 bridgehead atoms. The van der Waals surface area contributed by atoms with Crippen LogP contribution in [0, 0.1) is 12.7 Å². The molecule has 1 aliphatic heterocycles. The summed E-state index contributed by atoms with van der Waals surface area (Å²) in [6.07, 6.45) is 2.06. The van der Waals surface area contributed by atoms with Gasteiger partial charge in [0.25, 0.3) is 6.43 Å². The Balaban J connectivity index is 1.67. The number of hydrogen-bond donors (Lipinski definition) is 1. The smallest absolute Gasteiger partial charge is 0.266 e. The minimum Gasteiger partial charge on any atom is -0.363 e. The van der Waals surface area contributed by atoms with E-state index in [0.717, 1.165) is 17.2 Å². The molecule has 4 rings (SSSR count). The van der Waals surface area contributed by atoms with Crippen LogP contribution in [-0.2, 0) is 4.79 Å². The van der Waals surface area contributed by atoms with Gasteiger partial charge in [-0.25, -0.2) is 28.1 Å². The van der Waals surface area contributed by atoms with E-state index in [4.69, 9.17) is 0 Å². The Kier molecular flexibility index (Phi) is 6.81. The fraction of sp³-hybridized carbons (Fsp3) is 0.360. The molecule has 1 aliphatic rings. The standard InChI is InChI=1S/C25H26F3N5O/c1-4-21(34)33-10-8-16(9-11-33)17-12-20-24(29-13-17)31-15(3)32-25(20)30-14(2)18-6-5-7-19(22(18)26)23(27)28/h5-8,12-14,23H,4,9-11H2,1-3H3,(H,29,30,31,32)/t14-/m1/s1. The van der Waals surface area contributed by atoms with Crippen molar-refractivity contribution in [1.82, 2.24) is 19.9 Å². The number of anilines is 1. The number of hydrogen-bond acceptors (Lipinski definition) is 5. The summed E-state index contributed by atoms with van der Waals surface area (Å²) >= 11 is 0. The molecular formula is C25H26F3N5O. The van der Waals surface area contributed by atoms with Crippen molar-refractivity contribution in [2.45, 2.75) is 46.1 Å². The van der Waals surface area contributed by atoms with Crippen molar-refractivity contribution < 1.29 is 18.0 Å². The number of aromatic nitrogens is 3. The number of amides is 1. The van der Waals surface area contributed by atoms with E-state index in [1.165, 1.54) is 12.1 Å². The van der Waals surface area contributed by atoms with Crippen LogP contribution in [0.4, 0.5) is 19.0 Å². The highest BCUT2D eigenvalue weighted by molar-refractivity contribution is 5.89. The molecule has 1 atom stereocenters. The average Bonchev–Trinajstić information content (AvgIpc) is 2.83. The lowest BCUT2D eigenvalue weighted by atomic mass is 9.99. The molecule has 3 heterocycles. The second-order valence-electron chi connectivity index (χ2n) is 8.30. The minimum absolute atomic E-state index is 0.124. The number of pyridine rings is 1. The van der Waals surface area contributed by atoms with Crippen molar-refractivity contribution in [3.63, 3.8) is 0 Å². The first-order valence-corrected chi connectivity index (χ1v) is 11.2. The quantitative estimate of drug-likeness (QED) is 0.508. The highest BCUT2D eigenvalue weighted by Gasteiger charge is 2.21. The van der Waals surface area contributed by atoms with Gasteiger partial charge in [-0.2, -0.15) is 0 Å². The van der Waals surface area contributed by atoms with Crippen LogP contribution >= 0.6 is 0 Å². The molecule has 0 unspecified atom stereocenters. The molecule has 1 amide bonds. The molecule has 0 saturated heterocycles. The molecule has 9 heteroatoms. The summed E-state index contributed by atoms with van der Waals surface area (Å²) in [5.41, 5.74) is 1.95. The fourth-order valence-electron chi connectivity index (χ4n) is 4.14. The molecule has 0 spiro atoms. The average molecular weight is 470 g/mol. The first kappa shape index (κ1) is 23.7. The largest absolute Gasteiger partial charge is 0.363 e. The van der Waals surface area contributed by atoms with Gasteiger partial charge in [0.15, 0.2) is 5.65 Å². The van der Waals surface area contributed by atoms with E-state index in [-0.39, 0.29) is 11.5 Å². The molecule has 1 aromatic carbocycles. The molecule has 0 fully saturated rings. The number of nitrogens with zero attached hydrogens (tertiary/aromatic N) is 4. The van der Waals surface area contributed by atoms with Gasteiger partial charge < -0.3 is 10.2 Å². The highest BCUT2D eigenvalue weighted by Crippen LogP contribution is 2.31. The van der Waals surface area contributed by atoms with E-state index in [9.17, 15) is 18.0 Å². The van der Waals surface area contributed by atoms with Gasteiger partial charge in [0.1, 0.15) is 17.5 Å². The number of benzene rings is 1.